The van der Waals surface area contributed by atoms with Gasteiger partial charge in [-0.3, -0.25) is 4.79 Å². The topological polar surface area (TPSA) is 75.6 Å². The number of aromatic carboxylic acids is 1. The molecule has 0 aromatic heterocycles. The van der Waals surface area contributed by atoms with Crippen LogP contribution >= 0.6 is 0 Å². The molecule has 0 radical (unpaired) electrons. The Labute approximate surface area is 140 Å². The van der Waals surface area contributed by atoms with Crippen LogP contribution in [0.4, 0.5) is 0 Å². The second kappa shape index (κ2) is 6.35. The molecule has 0 saturated heterocycles. The number of hydrogen-bond donors (Lipinski definition) is 2. The zero-order valence-electron chi connectivity index (χ0n) is 13.4. The molecular weight excluding hydrogens is 306 g/mol. The van der Waals surface area contributed by atoms with Gasteiger partial charge >= 0.3 is 5.97 Å². The van der Waals surface area contributed by atoms with Crippen molar-refractivity contribution in [3.8, 4) is 5.75 Å². The Morgan fingerprint density at radius 3 is 2.46 bits per heavy atom. The van der Waals surface area contributed by atoms with E-state index >= 15 is 0 Å². The molecule has 0 spiro atoms. The summed E-state index contributed by atoms with van der Waals surface area (Å²) in [5.74, 6) is -0.267. The number of benzene rings is 2. The Kier molecular flexibility index (Phi) is 4.25. The fraction of sp³-hybridized carbons (Fsp3) is 0.263. The maximum absolute atomic E-state index is 12.4. The summed E-state index contributed by atoms with van der Waals surface area (Å²) in [6, 6.07) is 14.1. The molecule has 0 bridgehead atoms. The number of carboxylic acid groups (broad SMARTS) is 1. The van der Waals surface area contributed by atoms with Gasteiger partial charge in [0.05, 0.1) is 24.6 Å². The fourth-order valence-corrected chi connectivity index (χ4v) is 2.79. The highest BCUT2D eigenvalue weighted by atomic mass is 16.5. The van der Waals surface area contributed by atoms with E-state index in [0.29, 0.717) is 0 Å². The Hall–Kier alpha value is -2.82. The minimum absolute atomic E-state index is 0.0709. The zero-order valence-corrected chi connectivity index (χ0v) is 13.4. The van der Waals surface area contributed by atoms with E-state index in [0.717, 1.165) is 29.7 Å². The van der Waals surface area contributed by atoms with Gasteiger partial charge in [-0.25, -0.2) is 4.79 Å². The first-order chi connectivity index (χ1) is 11.5. The van der Waals surface area contributed by atoms with Crippen molar-refractivity contribution in [3.63, 3.8) is 0 Å². The van der Waals surface area contributed by atoms with E-state index in [2.05, 4.69) is 5.32 Å². The average molecular weight is 325 g/mol. The molecule has 124 valence electrons. The SMILES string of the molecule is COc1cccc(C2(NC(=O)Cc3ccc(C(=O)O)cc3)CC2)c1. The Bertz CT molecular complexity index is 763. The van der Waals surface area contributed by atoms with Gasteiger partial charge in [0.15, 0.2) is 0 Å². The van der Waals surface area contributed by atoms with Crippen LogP contribution in [0.5, 0.6) is 5.75 Å². The van der Waals surface area contributed by atoms with Gasteiger partial charge in [-0.15, -0.1) is 0 Å². The van der Waals surface area contributed by atoms with Crippen LogP contribution in [-0.2, 0) is 16.8 Å². The van der Waals surface area contributed by atoms with Crippen molar-refractivity contribution in [2.24, 2.45) is 0 Å². The Morgan fingerprint density at radius 2 is 1.88 bits per heavy atom. The predicted octanol–water partition coefficient (Wildman–Crippen LogP) is 2.74. The van der Waals surface area contributed by atoms with Crippen molar-refractivity contribution in [2.45, 2.75) is 24.8 Å². The molecule has 3 rings (SSSR count). The standard InChI is InChI=1S/C19H19NO4/c1-24-16-4-2-3-15(12-16)19(9-10-19)20-17(21)11-13-5-7-14(8-6-13)18(22)23/h2-8,12H,9-11H2,1H3,(H,20,21)(H,22,23). The Morgan fingerprint density at radius 1 is 1.17 bits per heavy atom. The summed E-state index contributed by atoms with van der Waals surface area (Å²) in [6.07, 6.45) is 2.04. The van der Waals surface area contributed by atoms with Crippen molar-refractivity contribution in [2.75, 3.05) is 7.11 Å². The van der Waals surface area contributed by atoms with Gasteiger partial charge in [-0.05, 0) is 48.2 Å². The number of carbonyl (C=O) groups is 2. The van der Waals surface area contributed by atoms with Crippen molar-refractivity contribution in [3.05, 3.63) is 65.2 Å². The highest BCUT2D eigenvalue weighted by Crippen LogP contribution is 2.46. The summed E-state index contributed by atoms with van der Waals surface area (Å²) >= 11 is 0. The number of nitrogens with one attached hydrogen (secondary N) is 1. The summed E-state index contributed by atoms with van der Waals surface area (Å²) in [6.45, 7) is 0. The molecule has 0 heterocycles. The largest absolute Gasteiger partial charge is 0.497 e. The van der Waals surface area contributed by atoms with Crippen molar-refractivity contribution >= 4 is 11.9 Å². The number of methoxy groups -OCH3 is 1. The van der Waals surface area contributed by atoms with E-state index in [4.69, 9.17) is 9.84 Å². The van der Waals surface area contributed by atoms with Crippen LogP contribution in [0.25, 0.3) is 0 Å². The van der Waals surface area contributed by atoms with Crippen LogP contribution in [0.15, 0.2) is 48.5 Å². The molecule has 1 aliphatic carbocycles. The maximum atomic E-state index is 12.4. The normalized spacial score (nSPS) is 14.7. The molecule has 0 aliphatic heterocycles. The highest BCUT2D eigenvalue weighted by molar-refractivity contribution is 5.88. The number of amides is 1. The molecule has 1 saturated carbocycles. The van der Waals surface area contributed by atoms with E-state index < -0.39 is 5.97 Å². The second-order valence-corrected chi connectivity index (χ2v) is 6.04. The van der Waals surface area contributed by atoms with Crippen LogP contribution in [-0.4, -0.2) is 24.1 Å². The predicted molar refractivity (Wildman–Crippen MR) is 89.2 cm³/mol. The molecular formula is C19H19NO4. The molecule has 2 aromatic carbocycles. The molecule has 0 unspecified atom stereocenters. The second-order valence-electron chi connectivity index (χ2n) is 6.04. The van der Waals surface area contributed by atoms with Crippen molar-refractivity contribution < 1.29 is 19.4 Å². The first-order valence-corrected chi connectivity index (χ1v) is 7.80. The van der Waals surface area contributed by atoms with Crippen LogP contribution < -0.4 is 10.1 Å². The van der Waals surface area contributed by atoms with Gasteiger partial charge in [0.2, 0.25) is 5.91 Å². The number of rotatable bonds is 6. The maximum Gasteiger partial charge on any atom is 0.335 e. The number of ether oxygens (including phenoxy) is 1. The molecule has 1 aliphatic rings. The highest BCUT2D eigenvalue weighted by Gasteiger charge is 2.45. The molecule has 1 amide bonds. The van der Waals surface area contributed by atoms with Crippen molar-refractivity contribution in [1.29, 1.82) is 0 Å². The first-order valence-electron chi connectivity index (χ1n) is 7.80. The summed E-state index contributed by atoms with van der Waals surface area (Å²) in [7, 11) is 1.62. The van der Waals surface area contributed by atoms with E-state index in [-0.39, 0.29) is 23.4 Å². The number of carboxylic acids is 1. The minimum Gasteiger partial charge on any atom is -0.497 e. The summed E-state index contributed by atoms with van der Waals surface area (Å²) in [4.78, 5) is 23.2. The molecule has 2 aromatic rings. The third-order valence-corrected chi connectivity index (χ3v) is 4.32. The average Bonchev–Trinajstić information content (AvgIpc) is 3.36. The number of carbonyl (C=O) groups excluding carboxylic acids is 1. The third-order valence-electron chi connectivity index (χ3n) is 4.32. The lowest BCUT2D eigenvalue weighted by Crippen LogP contribution is -2.35. The van der Waals surface area contributed by atoms with Crippen LogP contribution in [0.3, 0.4) is 0 Å². The lowest BCUT2D eigenvalue weighted by Gasteiger charge is -2.19. The summed E-state index contributed by atoms with van der Waals surface area (Å²) < 4.78 is 5.25. The van der Waals surface area contributed by atoms with Gasteiger partial charge < -0.3 is 15.2 Å². The van der Waals surface area contributed by atoms with Crippen LogP contribution in [0.1, 0.15) is 34.3 Å². The number of hydrogen-bond acceptors (Lipinski definition) is 3. The smallest absolute Gasteiger partial charge is 0.335 e. The van der Waals surface area contributed by atoms with Crippen molar-refractivity contribution in [1.82, 2.24) is 5.32 Å². The lowest BCUT2D eigenvalue weighted by molar-refractivity contribution is -0.121. The molecule has 0 atom stereocenters. The monoisotopic (exact) mass is 325 g/mol. The van der Waals surface area contributed by atoms with Gasteiger partial charge in [-0.2, -0.15) is 0 Å². The van der Waals surface area contributed by atoms with E-state index in [9.17, 15) is 9.59 Å². The molecule has 5 heteroatoms. The molecule has 1 fully saturated rings. The van der Waals surface area contributed by atoms with Crippen LogP contribution in [0.2, 0.25) is 0 Å². The van der Waals surface area contributed by atoms with Gasteiger partial charge in [0.1, 0.15) is 5.75 Å². The Balaban J connectivity index is 1.67. The van der Waals surface area contributed by atoms with Crippen LogP contribution in [0, 0.1) is 0 Å². The zero-order chi connectivity index (χ0) is 17.2. The van der Waals surface area contributed by atoms with E-state index in [1.165, 1.54) is 12.1 Å². The lowest BCUT2D eigenvalue weighted by atomic mass is 10.0. The van der Waals surface area contributed by atoms with E-state index in [1.54, 1.807) is 19.2 Å². The van der Waals surface area contributed by atoms with Gasteiger partial charge in [-0.1, -0.05) is 24.3 Å². The summed E-state index contributed by atoms with van der Waals surface area (Å²) in [5.41, 5.74) is 1.76. The summed E-state index contributed by atoms with van der Waals surface area (Å²) in [5, 5.41) is 12.0. The van der Waals surface area contributed by atoms with Gasteiger partial charge in [0, 0.05) is 0 Å². The molecule has 24 heavy (non-hydrogen) atoms. The molecule has 2 N–H and O–H groups in total. The third kappa shape index (κ3) is 3.40. The molecule has 5 nitrogen and oxygen atoms in total. The quantitative estimate of drug-likeness (QED) is 0.856. The van der Waals surface area contributed by atoms with E-state index in [1.807, 2.05) is 24.3 Å². The first kappa shape index (κ1) is 16.1. The fourth-order valence-electron chi connectivity index (χ4n) is 2.79. The minimum atomic E-state index is -0.971. The van der Waals surface area contributed by atoms with Gasteiger partial charge in [0.25, 0.3) is 0 Å².